The molecule has 84 valence electrons. The van der Waals surface area contributed by atoms with E-state index in [2.05, 4.69) is 10.4 Å². The predicted octanol–water partition coefficient (Wildman–Crippen LogP) is -0.360. The third-order valence-corrected chi connectivity index (χ3v) is 2.26. The highest BCUT2D eigenvalue weighted by molar-refractivity contribution is 5.77. The van der Waals surface area contributed by atoms with Gasteiger partial charge in [-0.15, -0.1) is 0 Å². The Kier molecular flexibility index (Phi) is 4.30. The SMILES string of the molecule is CN(C)C(=O)CNCCc1ccnn1C. The van der Waals surface area contributed by atoms with Gasteiger partial charge >= 0.3 is 0 Å². The van der Waals surface area contributed by atoms with Crippen LogP contribution in [0.25, 0.3) is 0 Å². The van der Waals surface area contributed by atoms with E-state index in [1.54, 1.807) is 25.2 Å². The van der Waals surface area contributed by atoms with Crippen molar-refractivity contribution in [3.63, 3.8) is 0 Å². The van der Waals surface area contributed by atoms with Crippen LogP contribution in [0.15, 0.2) is 12.3 Å². The van der Waals surface area contributed by atoms with Crippen LogP contribution >= 0.6 is 0 Å². The van der Waals surface area contributed by atoms with E-state index >= 15 is 0 Å². The Labute approximate surface area is 90.1 Å². The van der Waals surface area contributed by atoms with Crippen LogP contribution in [0, 0.1) is 0 Å². The lowest BCUT2D eigenvalue weighted by atomic mass is 10.3. The van der Waals surface area contributed by atoms with Gasteiger partial charge < -0.3 is 10.2 Å². The summed E-state index contributed by atoms with van der Waals surface area (Å²) in [4.78, 5) is 12.8. The zero-order valence-electron chi connectivity index (χ0n) is 9.53. The van der Waals surface area contributed by atoms with Crippen LogP contribution in [0.3, 0.4) is 0 Å². The highest BCUT2D eigenvalue weighted by Gasteiger charge is 2.02. The molecular formula is C10H18N4O. The largest absolute Gasteiger partial charge is 0.348 e. The number of nitrogens with one attached hydrogen (secondary N) is 1. The van der Waals surface area contributed by atoms with Crippen molar-refractivity contribution in [1.82, 2.24) is 20.0 Å². The minimum atomic E-state index is 0.0972. The summed E-state index contributed by atoms with van der Waals surface area (Å²) in [5, 5.41) is 7.17. The van der Waals surface area contributed by atoms with Crippen LogP contribution in [0.4, 0.5) is 0 Å². The summed E-state index contributed by atoms with van der Waals surface area (Å²) in [6.45, 7) is 1.18. The zero-order chi connectivity index (χ0) is 11.3. The first-order valence-corrected chi connectivity index (χ1v) is 4.99. The summed E-state index contributed by atoms with van der Waals surface area (Å²) in [5.74, 6) is 0.0972. The number of hydrogen-bond donors (Lipinski definition) is 1. The Balaban J connectivity index is 2.18. The van der Waals surface area contributed by atoms with E-state index in [-0.39, 0.29) is 5.91 Å². The van der Waals surface area contributed by atoms with E-state index in [0.29, 0.717) is 6.54 Å². The van der Waals surface area contributed by atoms with Gasteiger partial charge in [0.05, 0.1) is 6.54 Å². The molecule has 0 saturated heterocycles. The third-order valence-electron chi connectivity index (χ3n) is 2.26. The number of nitrogens with zero attached hydrogens (tertiary/aromatic N) is 3. The molecule has 1 aromatic heterocycles. The maximum absolute atomic E-state index is 11.2. The summed E-state index contributed by atoms with van der Waals surface area (Å²) in [5.41, 5.74) is 1.17. The van der Waals surface area contributed by atoms with Crippen molar-refractivity contribution in [3.8, 4) is 0 Å². The monoisotopic (exact) mass is 210 g/mol. The molecular weight excluding hydrogens is 192 g/mol. The van der Waals surface area contributed by atoms with Gasteiger partial charge in [0.2, 0.25) is 5.91 Å². The number of carbonyl (C=O) groups excluding carboxylic acids is 1. The maximum Gasteiger partial charge on any atom is 0.236 e. The minimum Gasteiger partial charge on any atom is -0.348 e. The molecule has 0 aliphatic heterocycles. The standard InChI is InChI=1S/C10H18N4O/c1-13(2)10(15)8-11-6-4-9-5-7-12-14(9)3/h5,7,11H,4,6,8H2,1-3H3. The molecule has 5 nitrogen and oxygen atoms in total. The van der Waals surface area contributed by atoms with Gasteiger partial charge in [-0.3, -0.25) is 9.48 Å². The van der Waals surface area contributed by atoms with Crippen LogP contribution in [0.5, 0.6) is 0 Å². The molecule has 0 radical (unpaired) electrons. The van der Waals surface area contributed by atoms with Crippen LogP contribution in [0.1, 0.15) is 5.69 Å². The van der Waals surface area contributed by atoms with Gasteiger partial charge in [0.25, 0.3) is 0 Å². The molecule has 0 aromatic carbocycles. The number of likely N-dealkylation sites (N-methyl/N-ethyl adjacent to an activating group) is 1. The summed E-state index contributed by atoms with van der Waals surface area (Å²) < 4.78 is 1.84. The highest BCUT2D eigenvalue weighted by Crippen LogP contribution is 1.95. The van der Waals surface area contributed by atoms with Crippen LogP contribution in [-0.2, 0) is 18.3 Å². The second-order valence-corrected chi connectivity index (χ2v) is 3.66. The molecule has 0 unspecified atom stereocenters. The van der Waals surface area contributed by atoms with Gasteiger partial charge in [0.15, 0.2) is 0 Å². The average Bonchev–Trinajstić information content (AvgIpc) is 2.58. The molecule has 15 heavy (non-hydrogen) atoms. The fourth-order valence-electron chi connectivity index (χ4n) is 1.22. The topological polar surface area (TPSA) is 50.2 Å². The van der Waals surface area contributed by atoms with Gasteiger partial charge in [-0.1, -0.05) is 0 Å². The summed E-state index contributed by atoms with van der Waals surface area (Å²) >= 11 is 0. The number of aromatic nitrogens is 2. The Morgan fingerprint density at radius 1 is 1.60 bits per heavy atom. The zero-order valence-corrected chi connectivity index (χ0v) is 9.53. The number of amides is 1. The molecule has 0 aliphatic carbocycles. The lowest BCUT2D eigenvalue weighted by Crippen LogP contribution is -2.33. The number of hydrogen-bond acceptors (Lipinski definition) is 3. The fourth-order valence-corrected chi connectivity index (χ4v) is 1.22. The normalized spacial score (nSPS) is 10.3. The first kappa shape index (κ1) is 11.7. The Hall–Kier alpha value is -1.36. The lowest BCUT2D eigenvalue weighted by Gasteiger charge is -2.10. The second-order valence-electron chi connectivity index (χ2n) is 3.66. The quantitative estimate of drug-likeness (QED) is 0.675. The van der Waals surface area contributed by atoms with E-state index in [1.165, 1.54) is 5.69 Å². The maximum atomic E-state index is 11.2. The highest BCUT2D eigenvalue weighted by atomic mass is 16.2. The van der Waals surface area contributed by atoms with Gasteiger partial charge in [0, 0.05) is 46.0 Å². The molecule has 1 aromatic rings. The molecule has 0 spiro atoms. The van der Waals surface area contributed by atoms with Crippen LogP contribution in [0.2, 0.25) is 0 Å². The van der Waals surface area contributed by atoms with Gasteiger partial charge in [-0.25, -0.2) is 0 Å². The van der Waals surface area contributed by atoms with Crippen LogP contribution in [-0.4, -0.2) is 47.8 Å². The van der Waals surface area contributed by atoms with Crippen molar-refractivity contribution in [2.24, 2.45) is 7.05 Å². The van der Waals surface area contributed by atoms with Crippen molar-refractivity contribution in [2.45, 2.75) is 6.42 Å². The van der Waals surface area contributed by atoms with E-state index in [9.17, 15) is 4.79 Å². The Morgan fingerprint density at radius 3 is 2.87 bits per heavy atom. The van der Waals surface area contributed by atoms with Crippen molar-refractivity contribution < 1.29 is 4.79 Å². The Bertz CT molecular complexity index is 319. The molecule has 0 saturated carbocycles. The van der Waals surface area contributed by atoms with Crippen molar-refractivity contribution >= 4 is 5.91 Å². The van der Waals surface area contributed by atoms with Crippen molar-refractivity contribution in [2.75, 3.05) is 27.2 Å². The molecule has 0 aliphatic rings. The van der Waals surface area contributed by atoms with E-state index in [0.717, 1.165) is 13.0 Å². The molecule has 5 heteroatoms. The number of aryl methyl sites for hydroxylation is 1. The summed E-state index contributed by atoms with van der Waals surface area (Å²) in [6.07, 6.45) is 2.66. The average molecular weight is 210 g/mol. The summed E-state index contributed by atoms with van der Waals surface area (Å²) in [7, 11) is 5.43. The fraction of sp³-hybridized carbons (Fsp3) is 0.600. The second kappa shape index (κ2) is 5.50. The Morgan fingerprint density at radius 2 is 2.33 bits per heavy atom. The van der Waals surface area contributed by atoms with E-state index in [1.807, 2.05) is 17.8 Å². The third kappa shape index (κ3) is 3.71. The van der Waals surface area contributed by atoms with Gasteiger partial charge in [-0.05, 0) is 6.07 Å². The van der Waals surface area contributed by atoms with E-state index in [4.69, 9.17) is 0 Å². The van der Waals surface area contributed by atoms with Gasteiger partial charge in [0.1, 0.15) is 0 Å². The molecule has 0 fully saturated rings. The van der Waals surface area contributed by atoms with Gasteiger partial charge in [-0.2, -0.15) is 5.10 Å². The number of carbonyl (C=O) groups is 1. The predicted molar refractivity (Wildman–Crippen MR) is 58.5 cm³/mol. The lowest BCUT2D eigenvalue weighted by molar-refractivity contribution is -0.127. The summed E-state index contributed by atoms with van der Waals surface area (Å²) in [6, 6.07) is 1.98. The van der Waals surface area contributed by atoms with Crippen molar-refractivity contribution in [3.05, 3.63) is 18.0 Å². The molecule has 0 bridgehead atoms. The van der Waals surface area contributed by atoms with Crippen LogP contribution < -0.4 is 5.32 Å². The molecule has 1 rings (SSSR count). The van der Waals surface area contributed by atoms with Crippen molar-refractivity contribution in [1.29, 1.82) is 0 Å². The molecule has 1 heterocycles. The molecule has 1 amide bonds. The molecule has 1 N–H and O–H groups in total. The first-order valence-electron chi connectivity index (χ1n) is 4.99. The molecule has 0 atom stereocenters. The smallest absolute Gasteiger partial charge is 0.236 e. The van der Waals surface area contributed by atoms with E-state index < -0.39 is 0 Å². The number of rotatable bonds is 5. The first-order chi connectivity index (χ1) is 7.11. The minimum absolute atomic E-state index is 0.0972.